The van der Waals surface area contributed by atoms with Crippen molar-refractivity contribution in [3.8, 4) is 0 Å². The summed E-state index contributed by atoms with van der Waals surface area (Å²) in [6.07, 6.45) is 2.67. The molecule has 0 aliphatic heterocycles. The predicted octanol–water partition coefficient (Wildman–Crippen LogP) is 4.84. The van der Waals surface area contributed by atoms with Crippen molar-refractivity contribution in [1.82, 2.24) is 4.98 Å². The first-order chi connectivity index (χ1) is 13.1. The highest BCUT2D eigenvalue weighted by Gasteiger charge is 2.09. The van der Waals surface area contributed by atoms with Gasteiger partial charge in [-0.05, 0) is 49.6 Å². The quantitative estimate of drug-likeness (QED) is 0.432. The number of anilines is 1. The van der Waals surface area contributed by atoms with E-state index in [9.17, 15) is 9.59 Å². The molecule has 0 atom stereocenters. The maximum absolute atomic E-state index is 11.8. The van der Waals surface area contributed by atoms with Crippen molar-refractivity contribution in [3.05, 3.63) is 58.6 Å². The zero-order chi connectivity index (χ0) is 19.1. The number of halogens is 1. The molecule has 0 aliphatic rings. The zero-order valence-corrected chi connectivity index (χ0v) is 16.2. The van der Waals surface area contributed by atoms with E-state index in [0.29, 0.717) is 17.1 Å². The Bertz CT molecular complexity index is 909. The largest absolute Gasteiger partial charge is 0.456 e. The number of carbonyl (C=O) groups excluding carboxylic acids is 2. The number of fused-ring (bicyclic) bond motifs is 1. The van der Waals surface area contributed by atoms with Crippen LogP contribution < -0.4 is 5.32 Å². The van der Waals surface area contributed by atoms with E-state index in [1.54, 1.807) is 35.6 Å². The molecule has 3 rings (SSSR count). The van der Waals surface area contributed by atoms with Crippen LogP contribution in [0.25, 0.3) is 10.2 Å². The SMILES string of the molecule is O=C(COC(=O)CCCCc1nc2ccccc2s1)Nc1cccc(Cl)c1. The van der Waals surface area contributed by atoms with Gasteiger partial charge in [-0.2, -0.15) is 0 Å². The Morgan fingerprint density at radius 3 is 2.78 bits per heavy atom. The minimum Gasteiger partial charge on any atom is -0.456 e. The number of aromatic nitrogens is 1. The van der Waals surface area contributed by atoms with Crippen molar-refractivity contribution < 1.29 is 14.3 Å². The van der Waals surface area contributed by atoms with E-state index in [1.807, 2.05) is 18.2 Å². The number of hydrogen-bond donors (Lipinski definition) is 1. The second-order valence-corrected chi connectivity index (χ2v) is 7.55. The number of aryl methyl sites for hydroxylation is 1. The van der Waals surface area contributed by atoms with Crippen LogP contribution in [0.2, 0.25) is 5.02 Å². The normalized spacial score (nSPS) is 10.7. The summed E-state index contributed by atoms with van der Waals surface area (Å²) >= 11 is 7.54. The lowest BCUT2D eigenvalue weighted by Gasteiger charge is -2.06. The van der Waals surface area contributed by atoms with Crippen LogP contribution in [0, 0.1) is 0 Å². The van der Waals surface area contributed by atoms with Gasteiger partial charge in [0.2, 0.25) is 0 Å². The molecule has 0 fully saturated rings. The van der Waals surface area contributed by atoms with Gasteiger partial charge in [-0.3, -0.25) is 9.59 Å². The van der Waals surface area contributed by atoms with Gasteiger partial charge in [-0.1, -0.05) is 29.8 Å². The Morgan fingerprint density at radius 2 is 1.96 bits per heavy atom. The summed E-state index contributed by atoms with van der Waals surface area (Å²) in [5.74, 6) is -0.763. The van der Waals surface area contributed by atoms with Crippen molar-refractivity contribution in [2.75, 3.05) is 11.9 Å². The first kappa shape index (κ1) is 19.3. The highest BCUT2D eigenvalue weighted by molar-refractivity contribution is 7.18. The molecule has 1 heterocycles. The van der Waals surface area contributed by atoms with Gasteiger partial charge < -0.3 is 10.1 Å². The van der Waals surface area contributed by atoms with Gasteiger partial charge in [0.1, 0.15) is 0 Å². The third-order valence-electron chi connectivity index (χ3n) is 3.83. The Kier molecular flexibility index (Phi) is 6.79. The molecule has 1 aromatic heterocycles. The summed E-state index contributed by atoms with van der Waals surface area (Å²) in [7, 11) is 0. The number of amides is 1. The van der Waals surface area contributed by atoms with Crippen LogP contribution >= 0.6 is 22.9 Å². The summed E-state index contributed by atoms with van der Waals surface area (Å²) < 4.78 is 6.19. The smallest absolute Gasteiger partial charge is 0.306 e. The number of thiazole rings is 1. The standard InChI is InChI=1S/C20H19ClN2O3S/c21-14-6-5-7-15(12-14)22-18(24)13-26-20(25)11-4-3-10-19-23-16-8-1-2-9-17(16)27-19/h1-2,5-9,12H,3-4,10-11,13H2,(H,22,24). The molecule has 2 aromatic carbocycles. The Balaban J connectivity index is 1.33. The van der Waals surface area contributed by atoms with Crippen LogP contribution in [-0.2, 0) is 20.7 Å². The number of nitrogens with zero attached hydrogens (tertiary/aromatic N) is 1. The minimum absolute atomic E-state index is 0.287. The van der Waals surface area contributed by atoms with Gasteiger partial charge in [-0.15, -0.1) is 11.3 Å². The molecular weight excluding hydrogens is 384 g/mol. The number of para-hydroxylation sites is 1. The number of rotatable bonds is 8. The summed E-state index contributed by atoms with van der Waals surface area (Å²) in [5.41, 5.74) is 1.59. The number of unbranched alkanes of at least 4 members (excludes halogenated alkanes) is 1. The number of ether oxygens (including phenoxy) is 1. The third kappa shape index (κ3) is 6.05. The molecule has 140 valence electrons. The van der Waals surface area contributed by atoms with Crippen molar-refractivity contribution in [1.29, 1.82) is 0 Å². The fourth-order valence-electron chi connectivity index (χ4n) is 2.55. The second kappa shape index (κ2) is 9.48. The molecule has 0 saturated carbocycles. The molecule has 27 heavy (non-hydrogen) atoms. The van der Waals surface area contributed by atoms with Gasteiger partial charge >= 0.3 is 5.97 Å². The number of hydrogen-bond acceptors (Lipinski definition) is 5. The van der Waals surface area contributed by atoms with E-state index in [-0.39, 0.29) is 24.9 Å². The highest BCUT2D eigenvalue weighted by atomic mass is 35.5. The molecule has 1 N–H and O–H groups in total. The van der Waals surface area contributed by atoms with E-state index in [0.717, 1.165) is 23.4 Å². The van der Waals surface area contributed by atoms with Gasteiger partial charge in [0.25, 0.3) is 5.91 Å². The van der Waals surface area contributed by atoms with E-state index < -0.39 is 0 Å². The highest BCUT2D eigenvalue weighted by Crippen LogP contribution is 2.23. The fraction of sp³-hybridized carbons (Fsp3) is 0.250. The van der Waals surface area contributed by atoms with Crippen LogP contribution in [0.3, 0.4) is 0 Å². The van der Waals surface area contributed by atoms with E-state index in [1.165, 1.54) is 4.70 Å². The van der Waals surface area contributed by atoms with Crippen LogP contribution in [0.15, 0.2) is 48.5 Å². The summed E-state index contributed by atoms with van der Waals surface area (Å²) in [6.45, 7) is -0.302. The Hall–Kier alpha value is -2.44. The molecule has 3 aromatic rings. The number of esters is 1. The molecule has 0 unspecified atom stereocenters. The second-order valence-electron chi connectivity index (χ2n) is 6.00. The van der Waals surface area contributed by atoms with Crippen molar-refractivity contribution in [2.24, 2.45) is 0 Å². The van der Waals surface area contributed by atoms with Crippen LogP contribution in [-0.4, -0.2) is 23.5 Å². The number of nitrogens with one attached hydrogen (secondary N) is 1. The van der Waals surface area contributed by atoms with E-state index in [2.05, 4.69) is 16.4 Å². The topological polar surface area (TPSA) is 68.3 Å². The molecule has 0 spiro atoms. The Morgan fingerprint density at radius 1 is 1.11 bits per heavy atom. The molecule has 0 bridgehead atoms. The first-order valence-corrected chi connectivity index (χ1v) is 9.85. The van der Waals surface area contributed by atoms with Crippen LogP contribution in [0.4, 0.5) is 5.69 Å². The summed E-state index contributed by atoms with van der Waals surface area (Å²) in [4.78, 5) is 28.1. The lowest BCUT2D eigenvalue weighted by atomic mass is 10.2. The molecule has 0 aliphatic carbocycles. The average molecular weight is 403 g/mol. The molecular formula is C20H19ClN2O3S. The molecule has 0 saturated heterocycles. The van der Waals surface area contributed by atoms with Gasteiger partial charge in [0.15, 0.2) is 6.61 Å². The lowest BCUT2D eigenvalue weighted by molar-refractivity contribution is -0.147. The molecule has 0 radical (unpaired) electrons. The minimum atomic E-state index is -0.389. The monoisotopic (exact) mass is 402 g/mol. The summed E-state index contributed by atoms with van der Waals surface area (Å²) in [6, 6.07) is 14.8. The number of carbonyl (C=O) groups is 2. The maximum atomic E-state index is 11.8. The molecule has 5 nitrogen and oxygen atoms in total. The maximum Gasteiger partial charge on any atom is 0.306 e. The molecule has 1 amide bonds. The lowest BCUT2D eigenvalue weighted by Crippen LogP contribution is -2.20. The van der Waals surface area contributed by atoms with Crippen molar-refractivity contribution in [2.45, 2.75) is 25.7 Å². The van der Waals surface area contributed by atoms with Gasteiger partial charge in [0, 0.05) is 17.1 Å². The van der Waals surface area contributed by atoms with Gasteiger partial charge in [0.05, 0.1) is 15.2 Å². The molecule has 7 heteroatoms. The van der Waals surface area contributed by atoms with Crippen LogP contribution in [0.1, 0.15) is 24.3 Å². The van der Waals surface area contributed by atoms with Gasteiger partial charge in [-0.25, -0.2) is 4.98 Å². The third-order valence-corrected chi connectivity index (χ3v) is 5.16. The van der Waals surface area contributed by atoms with E-state index in [4.69, 9.17) is 16.3 Å². The zero-order valence-electron chi connectivity index (χ0n) is 14.6. The fourth-order valence-corrected chi connectivity index (χ4v) is 3.75. The van der Waals surface area contributed by atoms with Crippen molar-refractivity contribution >= 4 is 50.7 Å². The van der Waals surface area contributed by atoms with E-state index >= 15 is 0 Å². The average Bonchev–Trinajstić information content (AvgIpc) is 3.06. The first-order valence-electron chi connectivity index (χ1n) is 8.65. The summed E-state index contributed by atoms with van der Waals surface area (Å²) in [5, 5.41) is 4.23. The van der Waals surface area contributed by atoms with Crippen LogP contribution in [0.5, 0.6) is 0 Å². The predicted molar refractivity (Wildman–Crippen MR) is 108 cm³/mol. The number of benzene rings is 2. The Labute approximate surface area is 166 Å². The van der Waals surface area contributed by atoms with Crippen molar-refractivity contribution in [3.63, 3.8) is 0 Å².